The van der Waals surface area contributed by atoms with Gasteiger partial charge in [0.05, 0.1) is 22.5 Å². The second kappa shape index (κ2) is 4.21. The predicted molar refractivity (Wildman–Crippen MR) is 75.5 cm³/mol. The number of sulfone groups is 1. The summed E-state index contributed by atoms with van der Waals surface area (Å²) in [7, 11) is -6.73. The van der Waals surface area contributed by atoms with E-state index in [0.717, 1.165) is 11.3 Å². The lowest BCUT2D eigenvalue weighted by Gasteiger charge is -2.26. The molecule has 0 aromatic heterocycles. The van der Waals surface area contributed by atoms with Gasteiger partial charge in [-0.1, -0.05) is 0 Å². The van der Waals surface area contributed by atoms with E-state index >= 15 is 0 Å². The lowest BCUT2D eigenvalue weighted by Crippen LogP contribution is -2.43. The Labute approximate surface area is 123 Å². The van der Waals surface area contributed by atoms with Crippen molar-refractivity contribution in [2.75, 3.05) is 18.9 Å². The fourth-order valence-corrected chi connectivity index (χ4v) is 7.36. The molecule has 2 saturated heterocycles. The van der Waals surface area contributed by atoms with E-state index in [2.05, 4.69) is 0 Å². The molecule has 0 spiro atoms. The van der Waals surface area contributed by atoms with Gasteiger partial charge in [-0.3, -0.25) is 0 Å². The summed E-state index contributed by atoms with van der Waals surface area (Å²) in [5, 5.41) is -0.532. The Bertz CT molecular complexity index is 815. The monoisotopic (exact) mass is 329 g/mol. The van der Waals surface area contributed by atoms with Crippen LogP contribution in [-0.4, -0.2) is 51.3 Å². The summed E-state index contributed by atoms with van der Waals surface area (Å²) in [5.74, 6) is 0.685. The van der Waals surface area contributed by atoms with Gasteiger partial charge >= 0.3 is 0 Å². The Balaban J connectivity index is 1.69. The highest BCUT2D eigenvalue weighted by molar-refractivity contribution is 7.93. The first-order valence-electron chi connectivity index (χ1n) is 6.87. The zero-order valence-corrected chi connectivity index (χ0v) is 12.9. The van der Waals surface area contributed by atoms with E-state index in [0.29, 0.717) is 19.4 Å². The number of ether oxygens (including phenoxy) is 1. The summed E-state index contributed by atoms with van der Waals surface area (Å²) in [6.07, 6.45) is 1.13. The summed E-state index contributed by atoms with van der Waals surface area (Å²) >= 11 is 0. The summed E-state index contributed by atoms with van der Waals surface area (Å²) < 4.78 is 55.7. The second-order valence-electron chi connectivity index (χ2n) is 5.78. The van der Waals surface area contributed by atoms with Crippen molar-refractivity contribution in [3.8, 4) is 5.75 Å². The van der Waals surface area contributed by atoms with Crippen LogP contribution in [0, 0.1) is 0 Å². The highest BCUT2D eigenvalue weighted by Gasteiger charge is 2.52. The van der Waals surface area contributed by atoms with Crippen molar-refractivity contribution in [2.45, 2.75) is 29.0 Å². The molecule has 2 bridgehead atoms. The maximum Gasteiger partial charge on any atom is 0.243 e. The summed E-state index contributed by atoms with van der Waals surface area (Å²) in [5.41, 5.74) is 0.896. The molecule has 114 valence electrons. The van der Waals surface area contributed by atoms with Gasteiger partial charge in [0.25, 0.3) is 0 Å². The highest BCUT2D eigenvalue weighted by Crippen LogP contribution is 2.37. The van der Waals surface area contributed by atoms with Crippen molar-refractivity contribution in [3.05, 3.63) is 23.8 Å². The molecule has 1 aromatic rings. The topological polar surface area (TPSA) is 80.8 Å². The van der Waals surface area contributed by atoms with Crippen molar-refractivity contribution in [1.29, 1.82) is 0 Å². The van der Waals surface area contributed by atoms with Crippen LogP contribution in [0.3, 0.4) is 0 Å². The smallest absolute Gasteiger partial charge is 0.243 e. The van der Waals surface area contributed by atoms with Crippen LogP contribution in [0.1, 0.15) is 12.0 Å². The maximum atomic E-state index is 12.7. The lowest BCUT2D eigenvalue weighted by molar-refractivity contribution is 0.356. The Morgan fingerprint density at radius 1 is 1.29 bits per heavy atom. The third-order valence-corrected chi connectivity index (χ3v) is 8.65. The Hall–Kier alpha value is -1.12. The van der Waals surface area contributed by atoms with E-state index in [-0.39, 0.29) is 17.2 Å². The van der Waals surface area contributed by atoms with Gasteiger partial charge in [0.2, 0.25) is 10.0 Å². The molecule has 4 rings (SSSR count). The number of sulfonamides is 1. The zero-order chi connectivity index (χ0) is 14.8. The molecule has 0 aliphatic carbocycles. The molecule has 3 aliphatic rings. The Morgan fingerprint density at radius 2 is 2.10 bits per heavy atom. The van der Waals surface area contributed by atoms with E-state index in [4.69, 9.17) is 4.74 Å². The molecular weight excluding hydrogens is 314 g/mol. The minimum Gasteiger partial charge on any atom is -0.493 e. The van der Waals surface area contributed by atoms with Crippen molar-refractivity contribution in [2.24, 2.45) is 0 Å². The number of nitrogens with zero attached hydrogens (tertiary/aromatic N) is 1. The summed E-state index contributed by atoms with van der Waals surface area (Å²) in [6.45, 7) is 0.661. The minimum absolute atomic E-state index is 0.0506. The predicted octanol–water partition coefficient (Wildman–Crippen LogP) is 0.181. The first kappa shape index (κ1) is 13.5. The molecule has 0 saturated carbocycles. The Morgan fingerprint density at radius 3 is 2.76 bits per heavy atom. The number of benzene rings is 1. The molecule has 0 N–H and O–H groups in total. The second-order valence-corrected chi connectivity index (χ2v) is 10.0. The molecule has 1 aromatic carbocycles. The van der Waals surface area contributed by atoms with Crippen LogP contribution in [0.4, 0.5) is 0 Å². The van der Waals surface area contributed by atoms with Crippen molar-refractivity contribution < 1.29 is 21.6 Å². The minimum atomic E-state index is -3.63. The third kappa shape index (κ3) is 1.92. The molecule has 2 atom stereocenters. The molecule has 0 amide bonds. The fraction of sp³-hybridized carbons (Fsp3) is 0.538. The number of hydrogen-bond donors (Lipinski definition) is 0. The summed E-state index contributed by atoms with van der Waals surface area (Å²) in [6, 6.07) is 4.47. The van der Waals surface area contributed by atoms with Gasteiger partial charge in [-0.15, -0.1) is 0 Å². The SMILES string of the molecule is O=S1(=O)CC2CC1CN2S(=O)(=O)c1ccc2c(c1)CCO2. The number of hydrogen-bond acceptors (Lipinski definition) is 5. The van der Waals surface area contributed by atoms with E-state index in [1.165, 1.54) is 4.31 Å². The van der Waals surface area contributed by atoms with Gasteiger partial charge in [-0.25, -0.2) is 16.8 Å². The van der Waals surface area contributed by atoms with Crippen LogP contribution in [0.5, 0.6) is 5.75 Å². The lowest BCUT2D eigenvalue weighted by atomic mass is 10.2. The van der Waals surface area contributed by atoms with Crippen LogP contribution >= 0.6 is 0 Å². The number of fused-ring (bicyclic) bond motifs is 3. The normalized spacial score (nSPS) is 30.3. The molecule has 3 aliphatic heterocycles. The average molecular weight is 329 g/mol. The van der Waals surface area contributed by atoms with E-state index < -0.39 is 31.2 Å². The molecule has 21 heavy (non-hydrogen) atoms. The molecule has 2 fully saturated rings. The third-order valence-electron chi connectivity index (χ3n) is 4.53. The molecule has 0 radical (unpaired) electrons. The van der Waals surface area contributed by atoms with Gasteiger partial charge in [-0.2, -0.15) is 4.31 Å². The first-order chi connectivity index (χ1) is 9.88. The fourth-order valence-electron chi connectivity index (χ4n) is 3.41. The average Bonchev–Trinajstić information content (AvgIpc) is 3.08. The van der Waals surface area contributed by atoms with E-state index in [1.807, 2.05) is 0 Å². The van der Waals surface area contributed by atoms with E-state index in [1.54, 1.807) is 18.2 Å². The van der Waals surface area contributed by atoms with Gasteiger partial charge in [0.1, 0.15) is 5.75 Å². The molecule has 6 nitrogen and oxygen atoms in total. The van der Waals surface area contributed by atoms with Crippen LogP contribution in [-0.2, 0) is 26.3 Å². The molecule has 8 heteroatoms. The standard InChI is InChI=1S/C13H15NO5S2/c15-20(16)8-10-6-12(20)7-14(10)21(17,18)11-1-2-13-9(5-11)3-4-19-13/h1-2,5,10,12H,3-4,6-8H2. The highest BCUT2D eigenvalue weighted by atomic mass is 32.2. The molecular formula is C13H15NO5S2. The summed E-state index contributed by atoms with van der Waals surface area (Å²) in [4.78, 5) is 0.233. The van der Waals surface area contributed by atoms with Gasteiger partial charge < -0.3 is 4.74 Å². The van der Waals surface area contributed by atoms with Crippen molar-refractivity contribution >= 4 is 19.9 Å². The molecule has 2 unspecified atom stereocenters. The quantitative estimate of drug-likeness (QED) is 0.773. The van der Waals surface area contributed by atoms with Crippen LogP contribution in [0.25, 0.3) is 0 Å². The molecule has 3 heterocycles. The van der Waals surface area contributed by atoms with Crippen LogP contribution in [0.2, 0.25) is 0 Å². The van der Waals surface area contributed by atoms with E-state index in [9.17, 15) is 16.8 Å². The Kier molecular flexibility index (Phi) is 2.71. The van der Waals surface area contributed by atoms with Gasteiger partial charge in [0.15, 0.2) is 9.84 Å². The van der Waals surface area contributed by atoms with Crippen LogP contribution in [0.15, 0.2) is 23.1 Å². The largest absolute Gasteiger partial charge is 0.493 e. The van der Waals surface area contributed by atoms with Crippen molar-refractivity contribution in [3.63, 3.8) is 0 Å². The first-order valence-corrected chi connectivity index (χ1v) is 10.0. The van der Waals surface area contributed by atoms with Gasteiger partial charge in [0, 0.05) is 19.0 Å². The van der Waals surface area contributed by atoms with Gasteiger partial charge in [-0.05, 0) is 30.2 Å². The van der Waals surface area contributed by atoms with Crippen LogP contribution < -0.4 is 4.74 Å². The maximum absolute atomic E-state index is 12.7. The number of rotatable bonds is 2. The van der Waals surface area contributed by atoms with Crippen molar-refractivity contribution in [1.82, 2.24) is 4.31 Å². The zero-order valence-electron chi connectivity index (χ0n) is 11.2.